The van der Waals surface area contributed by atoms with E-state index in [0.717, 1.165) is 19.3 Å². The first kappa shape index (κ1) is 16.9. The summed E-state index contributed by atoms with van der Waals surface area (Å²) in [5.74, 6) is 0.00273. The smallest absolute Gasteiger partial charge is 0.212 e. The van der Waals surface area contributed by atoms with E-state index < -0.39 is 15.8 Å². The van der Waals surface area contributed by atoms with Gasteiger partial charge >= 0.3 is 0 Å². The number of nitrogens with one attached hydrogen (secondary N) is 1. The van der Waals surface area contributed by atoms with E-state index in [1.54, 1.807) is 6.07 Å². The highest BCUT2D eigenvalue weighted by Crippen LogP contribution is 2.30. The van der Waals surface area contributed by atoms with Crippen LogP contribution in [-0.2, 0) is 15.8 Å². The van der Waals surface area contributed by atoms with E-state index in [0.29, 0.717) is 16.3 Å². The SMILES string of the molecule is C[C@@H]1[C@H](C)CCC[C@@H]1NS(=O)(=O)Cc1ccc(Br)cc1F. The minimum atomic E-state index is -3.53. The van der Waals surface area contributed by atoms with Crippen LogP contribution in [-0.4, -0.2) is 14.5 Å². The zero-order valence-electron chi connectivity index (χ0n) is 12.3. The summed E-state index contributed by atoms with van der Waals surface area (Å²) in [7, 11) is -3.53. The molecule has 1 aliphatic rings. The predicted molar refractivity (Wildman–Crippen MR) is 85.8 cm³/mol. The van der Waals surface area contributed by atoms with Crippen LogP contribution >= 0.6 is 15.9 Å². The fraction of sp³-hybridized carbons (Fsp3) is 0.600. The second kappa shape index (κ2) is 6.75. The molecule has 0 spiro atoms. The molecular weight excluding hydrogens is 357 g/mol. The lowest BCUT2D eigenvalue weighted by Gasteiger charge is -2.34. The molecule has 0 heterocycles. The molecule has 1 aromatic rings. The van der Waals surface area contributed by atoms with Crippen LogP contribution in [0.15, 0.2) is 22.7 Å². The van der Waals surface area contributed by atoms with E-state index in [9.17, 15) is 12.8 Å². The van der Waals surface area contributed by atoms with E-state index in [1.807, 2.05) is 0 Å². The van der Waals surface area contributed by atoms with E-state index in [2.05, 4.69) is 34.5 Å². The van der Waals surface area contributed by atoms with Gasteiger partial charge in [0.15, 0.2) is 0 Å². The normalized spacial score (nSPS) is 26.8. The number of rotatable bonds is 4. The Bertz CT molecular complexity index is 606. The molecule has 0 aliphatic heterocycles. The van der Waals surface area contributed by atoms with Gasteiger partial charge < -0.3 is 0 Å². The van der Waals surface area contributed by atoms with Crippen molar-refractivity contribution in [3.05, 3.63) is 34.1 Å². The van der Waals surface area contributed by atoms with Crippen LogP contribution in [0, 0.1) is 17.7 Å². The highest BCUT2D eigenvalue weighted by molar-refractivity contribution is 9.10. The minimum absolute atomic E-state index is 0.0442. The van der Waals surface area contributed by atoms with E-state index in [1.165, 1.54) is 12.1 Å². The lowest BCUT2D eigenvalue weighted by molar-refractivity contribution is 0.227. The highest BCUT2D eigenvalue weighted by Gasteiger charge is 2.30. The van der Waals surface area contributed by atoms with Gasteiger partial charge in [0.1, 0.15) is 5.82 Å². The summed E-state index contributed by atoms with van der Waals surface area (Å²) in [5, 5.41) is 0. The van der Waals surface area contributed by atoms with Gasteiger partial charge in [-0.3, -0.25) is 0 Å². The van der Waals surface area contributed by atoms with Gasteiger partial charge in [-0.05, 0) is 30.4 Å². The molecule has 0 unspecified atom stereocenters. The molecule has 0 amide bonds. The van der Waals surface area contributed by atoms with Crippen LogP contribution < -0.4 is 4.72 Å². The van der Waals surface area contributed by atoms with Crippen LogP contribution in [0.25, 0.3) is 0 Å². The maximum absolute atomic E-state index is 13.8. The molecule has 2 rings (SSSR count). The van der Waals surface area contributed by atoms with Gasteiger partial charge in [-0.1, -0.05) is 48.7 Å². The monoisotopic (exact) mass is 377 g/mol. The number of hydrogen-bond donors (Lipinski definition) is 1. The number of benzene rings is 1. The standard InChI is InChI=1S/C15H21BrFNO2S/c1-10-4-3-5-15(11(10)2)18-21(19,20)9-12-6-7-13(16)8-14(12)17/h6-8,10-11,15,18H,3-5,9H2,1-2H3/t10-,11-,15+/m1/s1. The van der Waals surface area contributed by atoms with Crippen molar-refractivity contribution in [3.8, 4) is 0 Å². The van der Waals surface area contributed by atoms with E-state index in [4.69, 9.17) is 0 Å². The second-order valence-electron chi connectivity index (χ2n) is 5.99. The van der Waals surface area contributed by atoms with Crippen LogP contribution in [0.2, 0.25) is 0 Å². The summed E-state index contributed by atoms with van der Waals surface area (Å²) in [6.45, 7) is 4.23. The third-order valence-electron chi connectivity index (χ3n) is 4.40. The maximum Gasteiger partial charge on any atom is 0.216 e. The fourth-order valence-corrected chi connectivity index (χ4v) is 4.72. The summed E-state index contributed by atoms with van der Waals surface area (Å²) in [4.78, 5) is 0. The third-order valence-corrected chi connectivity index (χ3v) is 6.24. The zero-order chi connectivity index (χ0) is 15.6. The van der Waals surface area contributed by atoms with Crippen molar-refractivity contribution in [3.63, 3.8) is 0 Å². The largest absolute Gasteiger partial charge is 0.216 e. The van der Waals surface area contributed by atoms with Gasteiger partial charge in [0, 0.05) is 16.1 Å². The van der Waals surface area contributed by atoms with Crippen molar-refractivity contribution in [1.29, 1.82) is 0 Å². The van der Waals surface area contributed by atoms with Gasteiger partial charge in [-0.2, -0.15) is 0 Å². The summed E-state index contributed by atoms with van der Waals surface area (Å²) in [5.41, 5.74) is 0.196. The first-order valence-electron chi connectivity index (χ1n) is 7.22. The van der Waals surface area contributed by atoms with Gasteiger partial charge in [-0.15, -0.1) is 0 Å². The zero-order valence-corrected chi connectivity index (χ0v) is 14.7. The fourth-order valence-electron chi connectivity index (χ4n) is 2.86. The molecule has 1 N–H and O–H groups in total. The Balaban J connectivity index is 2.08. The molecule has 6 heteroatoms. The third kappa shape index (κ3) is 4.50. The van der Waals surface area contributed by atoms with Gasteiger partial charge in [-0.25, -0.2) is 17.5 Å². The predicted octanol–water partition coefficient (Wildman–Crippen LogP) is 3.83. The van der Waals surface area contributed by atoms with Crippen LogP contribution in [0.5, 0.6) is 0 Å². The molecule has 1 fully saturated rings. The number of sulfonamides is 1. The minimum Gasteiger partial charge on any atom is -0.212 e. The Labute approximate surface area is 134 Å². The molecule has 0 saturated heterocycles. The Morgan fingerprint density at radius 1 is 1.33 bits per heavy atom. The number of hydrogen-bond acceptors (Lipinski definition) is 2. The van der Waals surface area contributed by atoms with Crippen LogP contribution in [0.4, 0.5) is 4.39 Å². The van der Waals surface area contributed by atoms with Gasteiger partial charge in [0.2, 0.25) is 10.0 Å². The van der Waals surface area contributed by atoms with Crippen LogP contribution in [0.3, 0.4) is 0 Å². The molecular formula is C15H21BrFNO2S. The highest BCUT2D eigenvalue weighted by atomic mass is 79.9. The molecule has 3 atom stereocenters. The van der Waals surface area contributed by atoms with Crippen molar-refractivity contribution in [2.45, 2.75) is 44.9 Å². The Hall–Kier alpha value is -0.460. The molecule has 1 aromatic carbocycles. The van der Waals surface area contributed by atoms with Crippen molar-refractivity contribution in [2.24, 2.45) is 11.8 Å². The average molecular weight is 378 g/mol. The van der Waals surface area contributed by atoms with Crippen molar-refractivity contribution < 1.29 is 12.8 Å². The Morgan fingerprint density at radius 2 is 2.05 bits per heavy atom. The van der Waals surface area contributed by atoms with E-state index in [-0.39, 0.29) is 17.4 Å². The van der Waals surface area contributed by atoms with Crippen LogP contribution in [0.1, 0.15) is 38.7 Å². The summed E-state index contributed by atoms with van der Waals surface area (Å²) >= 11 is 3.16. The van der Waals surface area contributed by atoms with Crippen molar-refractivity contribution >= 4 is 26.0 Å². The van der Waals surface area contributed by atoms with Crippen molar-refractivity contribution in [2.75, 3.05) is 0 Å². The van der Waals surface area contributed by atoms with Gasteiger partial charge in [0.05, 0.1) is 5.75 Å². The molecule has 0 radical (unpaired) electrons. The molecule has 1 aliphatic carbocycles. The lowest BCUT2D eigenvalue weighted by atomic mass is 9.78. The Kier molecular flexibility index (Phi) is 5.43. The topological polar surface area (TPSA) is 46.2 Å². The average Bonchev–Trinajstić information content (AvgIpc) is 2.38. The van der Waals surface area contributed by atoms with Gasteiger partial charge in [0.25, 0.3) is 0 Å². The summed E-state index contributed by atoms with van der Waals surface area (Å²) < 4.78 is 41.7. The van der Waals surface area contributed by atoms with E-state index >= 15 is 0 Å². The molecule has 1 saturated carbocycles. The first-order valence-corrected chi connectivity index (χ1v) is 9.67. The molecule has 21 heavy (non-hydrogen) atoms. The molecule has 0 aromatic heterocycles. The Morgan fingerprint density at radius 3 is 2.71 bits per heavy atom. The summed E-state index contributed by atoms with van der Waals surface area (Å²) in [6.07, 6.45) is 3.03. The van der Waals surface area contributed by atoms with Crippen molar-refractivity contribution in [1.82, 2.24) is 4.72 Å². The maximum atomic E-state index is 13.8. The number of halogens is 2. The molecule has 118 valence electrons. The lowest BCUT2D eigenvalue weighted by Crippen LogP contribution is -2.44. The summed E-state index contributed by atoms with van der Waals surface area (Å²) in [6, 6.07) is 4.40. The molecule has 0 bridgehead atoms. The quantitative estimate of drug-likeness (QED) is 0.866. The second-order valence-corrected chi connectivity index (χ2v) is 8.66. The first-order chi connectivity index (χ1) is 9.78. The molecule has 3 nitrogen and oxygen atoms in total.